The Bertz CT molecular complexity index is 1110. The third-order valence-electron chi connectivity index (χ3n) is 6.32. The molecule has 1 aromatic carbocycles. The highest BCUT2D eigenvalue weighted by Gasteiger charge is 2.34. The molecule has 0 unspecified atom stereocenters. The Morgan fingerprint density at radius 2 is 1.59 bits per heavy atom. The monoisotopic (exact) mass is 468 g/mol. The van der Waals surface area contributed by atoms with Crippen molar-refractivity contribution in [1.29, 1.82) is 0 Å². The molecular formula is C25H32ClF3N2O. The third-order valence-corrected chi connectivity index (χ3v) is 6.58. The maximum atomic E-state index is 13.8. The maximum Gasteiger partial charge on any atom is 0.417 e. The van der Waals surface area contributed by atoms with Gasteiger partial charge in [0.25, 0.3) is 0 Å². The van der Waals surface area contributed by atoms with Gasteiger partial charge in [-0.1, -0.05) is 45.4 Å². The SMILES string of the molecule is CCc1c(C)c2c3c(C(F)(F)F)cc(=O)[nH]c3ccc2n1CCCCCCCCCCCl. The van der Waals surface area contributed by atoms with E-state index in [0.29, 0.717) is 11.5 Å². The van der Waals surface area contributed by atoms with Gasteiger partial charge in [-0.15, -0.1) is 11.6 Å². The molecule has 0 fully saturated rings. The van der Waals surface area contributed by atoms with Gasteiger partial charge in [0.15, 0.2) is 0 Å². The number of hydrogen-bond acceptors (Lipinski definition) is 1. The number of aromatic nitrogens is 2. The summed E-state index contributed by atoms with van der Waals surface area (Å²) in [7, 11) is 0. The average Bonchev–Trinajstić information content (AvgIpc) is 3.02. The number of nitrogens with one attached hydrogen (secondary N) is 1. The van der Waals surface area contributed by atoms with Crippen LogP contribution in [0, 0.1) is 6.92 Å². The first-order chi connectivity index (χ1) is 15.3. The summed E-state index contributed by atoms with van der Waals surface area (Å²) in [6.45, 7) is 4.71. The quantitative estimate of drug-likeness (QED) is 0.227. The van der Waals surface area contributed by atoms with E-state index in [1.807, 2.05) is 19.9 Å². The molecule has 0 saturated carbocycles. The van der Waals surface area contributed by atoms with Crippen LogP contribution >= 0.6 is 11.6 Å². The Hall–Kier alpha value is -1.95. The zero-order valence-corrected chi connectivity index (χ0v) is 19.6. The van der Waals surface area contributed by atoms with E-state index >= 15 is 0 Å². The highest BCUT2D eigenvalue weighted by molar-refractivity contribution is 6.17. The van der Waals surface area contributed by atoms with Crippen molar-refractivity contribution >= 4 is 33.4 Å². The smallest absolute Gasteiger partial charge is 0.344 e. The molecule has 3 aromatic rings. The Labute approximate surface area is 192 Å². The van der Waals surface area contributed by atoms with Gasteiger partial charge in [-0.25, -0.2) is 0 Å². The zero-order chi connectivity index (χ0) is 23.3. The fourth-order valence-electron chi connectivity index (χ4n) is 4.80. The number of alkyl halides is 4. The number of halogens is 4. The number of pyridine rings is 1. The Balaban J connectivity index is 1.87. The summed E-state index contributed by atoms with van der Waals surface area (Å²) < 4.78 is 43.6. The second-order valence-electron chi connectivity index (χ2n) is 8.52. The molecule has 2 heterocycles. The van der Waals surface area contributed by atoms with E-state index in [1.54, 1.807) is 6.07 Å². The summed E-state index contributed by atoms with van der Waals surface area (Å²) in [4.78, 5) is 14.4. The van der Waals surface area contributed by atoms with E-state index in [0.717, 1.165) is 54.9 Å². The number of H-pyrrole nitrogens is 1. The van der Waals surface area contributed by atoms with Crippen molar-refractivity contribution < 1.29 is 13.2 Å². The number of nitrogens with zero attached hydrogens (tertiary/aromatic N) is 1. The highest BCUT2D eigenvalue weighted by atomic mass is 35.5. The van der Waals surface area contributed by atoms with E-state index in [1.165, 1.54) is 32.1 Å². The first-order valence-corrected chi connectivity index (χ1v) is 12.1. The number of aromatic amines is 1. The van der Waals surface area contributed by atoms with Gasteiger partial charge in [0.1, 0.15) is 0 Å². The second-order valence-corrected chi connectivity index (χ2v) is 8.90. The molecule has 0 radical (unpaired) electrons. The van der Waals surface area contributed by atoms with E-state index in [9.17, 15) is 18.0 Å². The predicted octanol–water partition coefficient (Wildman–Crippen LogP) is 7.73. The topological polar surface area (TPSA) is 37.8 Å². The minimum atomic E-state index is -4.59. The fourth-order valence-corrected chi connectivity index (χ4v) is 4.99. The van der Waals surface area contributed by atoms with Gasteiger partial charge >= 0.3 is 6.18 Å². The lowest BCUT2D eigenvalue weighted by Crippen LogP contribution is -2.14. The lowest BCUT2D eigenvalue weighted by Gasteiger charge is -2.12. The van der Waals surface area contributed by atoms with Crippen molar-refractivity contribution in [1.82, 2.24) is 9.55 Å². The van der Waals surface area contributed by atoms with Crippen molar-refractivity contribution in [3.8, 4) is 0 Å². The second kappa shape index (κ2) is 10.8. The van der Waals surface area contributed by atoms with Gasteiger partial charge in [-0.2, -0.15) is 13.2 Å². The molecule has 3 nitrogen and oxygen atoms in total. The fraction of sp³-hybridized carbons (Fsp3) is 0.560. The van der Waals surface area contributed by atoms with Crippen LogP contribution in [0.2, 0.25) is 0 Å². The summed E-state index contributed by atoms with van der Waals surface area (Å²) in [6.07, 6.45) is 5.36. The first kappa shape index (κ1) is 24.7. The van der Waals surface area contributed by atoms with Crippen LogP contribution in [0.4, 0.5) is 13.2 Å². The zero-order valence-electron chi connectivity index (χ0n) is 18.9. The van der Waals surface area contributed by atoms with Crippen molar-refractivity contribution in [2.45, 2.75) is 84.4 Å². The Morgan fingerprint density at radius 1 is 0.969 bits per heavy atom. The number of fused-ring (bicyclic) bond motifs is 3. The summed E-state index contributed by atoms with van der Waals surface area (Å²) in [5.74, 6) is 0.736. The molecule has 3 rings (SSSR count). The van der Waals surface area contributed by atoms with Crippen LogP contribution in [-0.4, -0.2) is 15.4 Å². The minimum Gasteiger partial charge on any atom is -0.344 e. The molecule has 32 heavy (non-hydrogen) atoms. The predicted molar refractivity (Wildman–Crippen MR) is 127 cm³/mol. The Morgan fingerprint density at radius 3 is 2.19 bits per heavy atom. The van der Waals surface area contributed by atoms with Gasteiger partial charge in [0.2, 0.25) is 5.56 Å². The van der Waals surface area contributed by atoms with E-state index < -0.39 is 17.3 Å². The summed E-state index contributed by atoms with van der Waals surface area (Å²) in [6, 6.07) is 4.12. The van der Waals surface area contributed by atoms with Gasteiger partial charge in [0.05, 0.1) is 5.56 Å². The summed E-state index contributed by atoms with van der Waals surface area (Å²) in [5.41, 5.74) is 1.37. The molecule has 0 aliphatic rings. The number of benzene rings is 1. The normalized spacial score (nSPS) is 12.3. The number of hydrogen-bond donors (Lipinski definition) is 1. The highest BCUT2D eigenvalue weighted by Crippen LogP contribution is 2.39. The van der Waals surface area contributed by atoms with Crippen LogP contribution in [0.3, 0.4) is 0 Å². The largest absolute Gasteiger partial charge is 0.417 e. The van der Waals surface area contributed by atoms with Crippen LogP contribution in [0.5, 0.6) is 0 Å². The third kappa shape index (κ3) is 5.33. The molecule has 0 amide bonds. The van der Waals surface area contributed by atoms with Crippen LogP contribution in [0.25, 0.3) is 21.8 Å². The molecule has 7 heteroatoms. The molecule has 2 aromatic heterocycles. The molecule has 0 aliphatic heterocycles. The summed E-state index contributed by atoms with van der Waals surface area (Å²) in [5, 5.41) is 0.694. The molecule has 0 bridgehead atoms. The van der Waals surface area contributed by atoms with Crippen LogP contribution in [0.1, 0.15) is 75.1 Å². The molecule has 0 atom stereocenters. The molecule has 0 saturated heterocycles. The van der Waals surface area contributed by atoms with Crippen LogP contribution in [0.15, 0.2) is 23.0 Å². The number of aryl methyl sites for hydroxylation is 2. The van der Waals surface area contributed by atoms with Crippen LogP contribution < -0.4 is 5.56 Å². The van der Waals surface area contributed by atoms with Crippen LogP contribution in [-0.2, 0) is 19.1 Å². The van der Waals surface area contributed by atoms with E-state index in [2.05, 4.69) is 9.55 Å². The lowest BCUT2D eigenvalue weighted by atomic mass is 10.0. The van der Waals surface area contributed by atoms with Gasteiger partial charge in [-0.05, 0) is 43.9 Å². The summed E-state index contributed by atoms with van der Waals surface area (Å²) >= 11 is 5.71. The minimum absolute atomic E-state index is 0.0949. The molecular weight excluding hydrogens is 437 g/mol. The maximum absolute atomic E-state index is 13.8. The molecule has 0 spiro atoms. The molecule has 1 N–H and O–H groups in total. The van der Waals surface area contributed by atoms with Gasteiger partial charge < -0.3 is 9.55 Å². The number of rotatable bonds is 11. The van der Waals surface area contributed by atoms with E-state index in [-0.39, 0.29) is 10.9 Å². The average molecular weight is 469 g/mol. The van der Waals surface area contributed by atoms with Crippen molar-refractivity contribution in [2.24, 2.45) is 0 Å². The lowest BCUT2D eigenvalue weighted by molar-refractivity contribution is -0.136. The number of unbranched alkanes of at least 4 members (excludes halogenated alkanes) is 7. The van der Waals surface area contributed by atoms with Crippen molar-refractivity contribution in [3.05, 3.63) is 45.4 Å². The van der Waals surface area contributed by atoms with Gasteiger partial charge in [0, 0.05) is 46.0 Å². The van der Waals surface area contributed by atoms with Crippen molar-refractivity contribution in [3.63, 3.8) is 0 Å². The van der Waals surface area contributed by atoms with Crippen molar-refractivity contribution in [2.75, 3.05) is 5.88 Å². The standard InChI is InChI=1S/C25H32ClF3N2O/c1-3-20-17(2)23-21(31(20)15-11-9-7-5-4-6-8-10-14-26)13-12-19-24(23)18(25(27,28)29)16-22(32)30-19/h12-13,16H,3-11,14-15H2,1-2H3,(H,30,32). The molecule has 176 valence electrons. The Kier molecular flexibility index (Phi) is 8.32. The first-order valence-electron chi connectivity index (χ1n) is 11.6. The van der Waals surface area contributed by atoms with E-state index in [4.69, 9.17) is 11.6 Å². The molecule has 0 aliphatic carbocycles. The van der Waals surface area contributed by atoms with Gasteiger partial charge in [-0.3, -0.25) is 4.79 Å².